The maximum absolute atomic E-state index is 11.3. The number of benzene rings is 1. The first-order chi connectivity index (χ1) is 15.1. The molecule has 0 unspecified atom stereocenters. The van der Waals surface area contributed by atoms with Crippen LogP contribution >= 0.6 is 24.0 Å². The zero-order valence-electron chi connectivity index (χ0n) is 18.4. The molecule has 2 atom stereocenters. The highest BCUT2D eigenvalue weighted by Gasteiger charge is 2.36. The van der Waals surface area contributed by atoms with Crippen molar-refractivity contribution in [2.24, 2.45) is 0 Å². The van der Waals surface area contributed by atoms with Crippen LogP contribution in [0.1, 0.15) is 25.3 Å². The lowest BCUT2D eigenvalue weighted by atomic mass is 9.96. The van der Waals surface area contributed by atoms with Crippen LogP contribution in [-0.2, 0) is 20.7 Å². The quantitative estimate of drug-likeness (QED) is 0.583. The Morgan fingerprint density at radius 1 is 1.19 bits per heavy atom. The molecule has 8 heteroatoms. The Morgan fingerprint density at radius 3 is 2.59 bits per heavy atom. The number of morpholine rings is 1. The minimum Gasteiger partial charge on any atom is -0.463 e. The van der Waals surface area contributed by atoms with Gasteiger partial charge in [-0.1, -0.05) is 29.8 Å². The fraction of sp³-hybridized carbons (Fsp3) is 0.500. The normalized spacial score (nSPS) is 22.2. The first-order valence-electron chi connectivity index (χ1n) is 11.0. The minimum atomic E-state index is -0.262. The van der Waals surface area contributed by atoms with Gasteiger partial charge in [-0.2, -0.15) is 0 Å². The van der Waals surface area contributed by atoms with Crippen LogP contribution in [0, 0.1) is 0 Å². The second-order valence-corrected chi connectivity index (χ2v) is 8.78. The number of esters is 1. The zero-order chi connectivity index (χ0) is 21.6. The van der Waals surface area contributed by atoms with Crippen LogP contribution in [0.5, 0.6) is 0 Å². The molecular weight excluding hydrogens is 449 g/mol. The largest absolute Gasteiger partial charge is 0.463 e. The van der Waals surface area contributed by atoms with E-state index in [0.717, 1.165) is 49.7 Å². The Morgan fingerprint density at radius 2 is 1.94 bits per heavy atom. The maximum atomic E-state index is 11.3. The van der Waals surface area contributed by atoms with Crippen molar-refractivity contribution in [1.29, 1.82) is 0 Å². The number of anilines is 1. The Hall–Kier alpha value is -1.86. The summed E-state index contributed by atoms with van der Waals surface area (Å²) in [5.74, 6) is 0.787. The minimum absolute atomic E-state index is 0. The molecule has 4 rings (SSSR count). The third kappa shape index (κ3) is 6.58. The molecule has 0 radical (unpaired) electrons. The van der Waals surface area contributed by atoms with Crippen LogP contribution in [-0.4, -0.2) is 66.9 Å². The molecule has 0 saturated carbocycles. The molecule has 32 heavy (non-hydrogen) atoms. The van der Waals surface area contributed by atoms with E-state index < -0.39 is 0 Å². The van der Waals surface area contributed by atoms with Gasteiger partial charge in [0.15, 0.2) is 0 Å². The molecule has 6 nitrogen and oxygen atoms in total. The van der Waals surface area contributed by atoms with Crippen LogP contribution in [0.2, 0.25) is 5.02 Å². The monoisotopic (exact) mass is 479 g/mol. The first kappa shape index (κ1) is 24.8. The van der Waals surface area contributed by atoms with E-state index in [2.05, 4.69) is 33.0 Å². The molecule has 3 heterocycles. The van der Waals surface area contributed by atoms with Gasteiger partial charge in [0.05, 0.1) is 6.61 Å². The van der Waals surface area contributed by atoms with E-state index in [1.165, 1.54) is 12.5 Å². The summed E-state index contributed by atoms with van der Waals surface area (Å²) < 4.78 is 11.3. The number of nitrogens with zero attached hydrogens (tertiary/aromatic N) is 3. The Balaban J connectivity index is 0.00000289. The van der Waals surface area contributed by atoms with E-state index in [1.807, 2.05) is 30.5 Å². The van der Waals surface area contributed by atoms with Crippen molar-refractivity contribution in [2.75, 3.05) is 37.7 Å². The van der Waals surface area contributed by atoms with Crippen LogP contribution in [0.3, 0.4) is 0 Å². The standard InChI is InChI=1S/C24H30ClN3O3.ClH/c1-18(29)30-17-23-15-28(22(16-31-23)14-19-5-7-20(25)8-6-19)21-9-12-27(13-10-21)24-4-2-3-11-26-24;/h2-8,11,21-23H,9-10,12-17H2,1H3;1H/t22-,23+;/m0./s1. The number of pyridine rings is 1. The van der Waals surface area contributed by atoms with Gasteiger partial charge < -0.3 is 14.4 Å². The van der Waals surface area contributed by atoms with Crippen LogP contribution in [0.25, 0.3) is 0 Å². The Labute approximate surface area is 201 Å². The summed E-state index contributed by atoms with van der Waals surface area (Å²) in [5.41, 5.74) is 1.26. The lowest BCUT2D eigenvalue weighted by Gasteiger charge is -2.46. The third-order valence-electron chi connectivity index (χ3n) is 6.17. The molecule has 2 aliphatic heterocycles. The molecule has 2 aromatic rings. The molecular formula is C24H31Cl2N3O3. The molecule has 2 fully saturated rings. The fourth-order valence-corrected chi connectivity index (χ4v) is 4.70. The molecule has 1 aromatic heterocycles. The van der Waals surface area contributed by atoms with Crippen LogP contribution in [0.15, 0.2) is 48.7 Å². The summed E-state index contributed by atoms with van der Waals surface area (Å²) in [7, 11) is 0. The molecule has 1 aromatic carbocycles. The summed E-state index contributed by atoms with van der Waals surface area (Å²) in [6.07, 6.45) is 4.84. The van der Waals surface area contributed by atoms with E-state index in [-0.39, 0.29) is 24.5 Å². The van der Waals surface area contributed by atoms with Crippen LogP contribution < -0.4 is 4.90 Å². The molecule has 2 saturated heterocycles. The average Bonchev–Trinajstić information content (AvgIpc) is 2.80. The van der Waals surface area contributed by atoms with Gasteiger partial charge in [-0.25, -0.2) is 4.98 Å². The molecule has 0 bridgehead atoms. The van der Waals surface area contributed by atoms with Crippen molar-refractivity contribution in [2.45, 2.75) is 44.4 Å². The molecule has 0 spiro atoms. The summed E-state index contributed by atoms with van der Waals surface area (Å²) in [5, 5.41) is 0.754. The highest BCUT2D eigenvalue weighted by atomic mass is 35.5. The Kier molecular flexibility index (Phi) is 9.17. The first-order valence-corrected chi connectivity index (χ1v) is 11.4. The SMILES string of the molecule is CC(=O)OC[C@H]1CN(C2CCN(c3ccccn3)CC2)[C@@H](Cc2ccc(Cl)cc2)CO1.Cl. The van der Waals surface area contributed by atoms with Gasteiger partial charge in [-0.3, -0.25) is 9.69 Å². The fourth-order valence-electron chi connectivity index (χ4n) is 4.57. The van der Waals surface area contributed by atoms with Gasteiger partial charge in [0.1, 0.15) is 18.5 Å². The highest BCUT2D eigenvalue weighted by molar-refractivity contribution is 6.30. The van der Waals surface area contributed by atoms with Gasteiger partial charge in [0, 0.05) is 49.9 Å². The van der Waals surface area contributed by atoms with Crippen molar-refractivity contribution in [3.8, 4) is 0 Å². The van der Waals surface area contributed by atoms with Crippen molar-refractivity contribution in [1.82, 2.24) is 9.88 Å². The maximum Gasteiger partial charge on any atom is 0.302 e. The van der Waals surface area contributed by atoms with E-state index in [9.17, 15) is 4.79 Å². The van der Waals surface area contributed by atoms with Crippen molar-refractivity contribution in [3.05, 3.63) is 59.2 Å². The highest BCUT2D eigenvalue weighted by Crippen LogP contribution is 2.27. The van der Waals surface area contributed by atoms with Gasteiger partial charge in [-0.15, -0.1) is 12.4 Å². The van der Waals surface area contributed by atoms with Crippen LogP contribution in [0.4, 0.5) is 5.82 Å². The predicted molar refractivity (Wildman–Crippen MR) is 129 cm³/mol. The number of ether oxygens (including phenoxy) is 2. The molecule has 174 valence electrons. The van der Waals surface area contributed by atoms with Crippen molar-refractivity contribution >= 4 is 35.8 Å². The van der Waals surface area contributed by atoms with Gasteiger partial charge in [0.2, 0.25) is 0 Å². The number of halogens is 2. The summed E-state index contributed by atoms with van der Waals surface area (Å²) >= 11 is 6.06. The number of piperidine rings is 1. The predicted octanol–water partition coefficient (Wildman–Crippen LogP) is 4.00. The smallest absolute Gasteiger partial charge is 0.302 e. The van der Waals surface area contributed by atoms with Gasteiger partial charge >= 0.3 is 5.97 Å². The summed E-state index contributed by atoms with van der Waals surface area (Å²) in [6, 6.07) is 14.9. The number of rotatable bonds is 6. The number of hydrogen-bond donors (Lipinski definition) is 0. The molecule has 0 amide bonds. The summed E-state index contributed by atoms with van der Waals surface area (Å²) in [4.78, 5) is 20.7. The topological polar surface area (TPSA) is 54.9 Å². The number of hydrogen-bond acceptors (Lipinski definition) is 6. The van der Waals surface area contributed by atoms with Crippen molar-refractivity contribution in [3.63, 3.8) is 0 Å². The second kappa shape index (κ2) is 11.8. The molecule has 0 aliphatic carbocycles. The number of carbonyl (C=O) groups is 1. The van der Waals surface area contributed by atoms with Crippen molar-refractivity contribution < 1.29 is 14.3 Å². The second-order valence-electron chi connectivity index (χ2n) is 8.35. The van der Waals surface area contributed by atoms with E-state index >= 15 is 0 Å². The van der Waals surface area contributed by atoms with E-state index in [4.69, 9.17) is 21.1 Å². The lowest BCUT2D eigenvalue weighted by molar-refractivity contribution is -0.151. The average molecular weight is 480 g/mol. The van der Waals surface area contributed by atoms with E-state index in [1.54, 1.807) is 0 Å². The number of carbonyl (C=O) groups excluding carboxylic acids is 1. The number of aromatic nitrogens is 1. The lowest BCUT2D eigenvalue weighted by Crippen LogP contribution is -2.58. The van der Waals surface area contributed by atoms with Gasteiger partial charge in [0.25, 0.3) is 0 Å². The Bertz CT molecular complexity index is 845. The third-order valence-corrected chi connectivity index (χ3v) is 6.42. The molecule has 0 N–H and O–H groups in total. The zero-order valence-corrected chi connectivity index (χ0v) is 19.9. The van der Waals surface area contributed by atoms with E-state index in [0.29, 0.717) is 25.3 Å². The summed E-state index contributed by atoms with van der Waals surface area (Å²) in [6.45, 7) is 5.14. The van der Waals surface area contributed by atoms with Gasteiger partial charge in [-0.05, 0) is 49.1 Å². The molecule has 2 aliphatic rings.